The summed E-state index contributed by atoms with van der Waals surface area (Å²) < 4.78 is 79.5. The number of benzene rings is 2. The van der Waals surface area contributed by atoms with E-state index in [1.165, 1.54) is 17.6 Å². The number of rotatable bonds is 8. The molecule has 29 heavy (non-hydrogen) atoms. The van der Waals surface area contributed by atoms with Crippen LogP contribution in [0.5, 0.6) is 0 Å². The molecule has 14 heteroatoms. The lowest BCUT2D eigenvalue weighted by Gasteiger charge is -2.18. The van der Waals surface area contributed by atoms with Crippen molar-refractivity contribution in [2.24, 2.45) is 0 Å². The Morgan fingerprint density at radius 2 is 1.66 bits per heavy atom. The number of sulfonamides is 2. The van der Waals surface area contributed by atoms with Crippen molar-refractivity contribution in [2.45, 2.75) is 15.8 Å². The van der Waals surface area contributed by atoms with Gasteiger partial charge in [0.2, 0.25) is 20.0 Å². The van der Waals surface area contributed by atoms with Gasteiger partial charge in [-0.25, -0.2) is 35.8 Å². The monoisotopic (exact) mass is 469 g/mol. The Morgan fingerprint density at radius 1 is 1.03 bits per heavy atom. The molecule has 1 amide bonds. The van der Waals surface area contributed by atoms with Gasteiger partial charge < -0.3 is 0 Å². The maximum atomic E-state index is 13.7. The first-order chi connectivity index (χ1) is 13.5. The summed E-state index contributed by atoms with van der Waals surface area (Å²) in [6.07, 6.45) is 0. The maximum absolute atomic E-state index is 13.7. The third-order valence-electron chi connectivity index (χ3n) is 3.51. The summed E-state index contributed by atoms with van der Waals surface area (Å²) in [5.41, 5.74) is 1.20. The molecule has 1 atom stereocenters. The zero-order valence-corrected chi connectivity index (χ0v) is 16.7. The zero-order chi connectivity index (χ0) is 21.8. The third kappa shape index (κ3) is 5.91. The van der Waals surface area contributed by atoms with Crippen LogP contribution in [-0.2, 0) is 24.8 Å². The van der Waals surface area contributed by atoms with Crippen LogP contribution in [0.15, 0.2) is 52.3 Å². The van der Waals surface area contributed by atoms with E-state index in [0.29, 0.717) is 18.2 Å². The highest BCUT2D eigenvalue weighted by Gasteiger charge is 2.28. The minimum absolute atomic E-state index is 0.252. The van der Waals surface area contributed by atoms with Crippen molar-refractivity contribution in [2.75, 3.05) is 6.54 Å². The number of amides is 1. The molecule has 0 aliphatic carbocycles. The van der Waals surface area contributed by atoms with Gasteiger partial charge in [0.1, 0.15) is 22.6 Å². The first-order valence-electron chi connectivity index (χ1n) is 7.63. The van der Waals surface area contributed by atoms with Gasteiger partial charge in [-0.15, -0.1) is 0 Å². The van der Waals surface area contributed by atoms with Crippen molar-refractivity contribution >= 4 is 37.6 Å². The van der Waals surface area contributed by atoms with Crippen LogP contribution in [0.4, 0.5) is 8.78 Å². The van der Waals surface area contributed by atoms with Crippen molar-refractivity contribution in [3.05, 3.63) is 59.1 Å². The van der Waals surface area contributed by atoms with Gasteiger partial charge in [0.15, 0.2) is 0 Å². The van der Waals surface area contributed by atoms with Crippen molar-refractivity contribution in [1.82, 2.24) is 14.9 Å². The van der Waals surface area contributed by atoms with Crippen LogP contribution >= 0.6 is 11.6 Å². The first-order valence-corrected chi connectivity index (χ1v) is 11.0. The second-order valence-electron chi connectivity index (χ2n) is 5.53. The molecular formula is C15H14ClF2N3O6S2. The largest absolute Gasteiger partial charge is 0.289 e. The summed E-state index contributed by atoms with van der Waals surface area (Å²) in [6, 6.07) is 4.72. The van der Waals surface area contributed by atoms with Crippen molar-refractivity contribution in [1.29, 1.82) is 0 Å². The molecule has 0 aromatic heterocycles. The Bertz CT molecular complexity index is 1110. The molecule has 0 aliphatic heterocycles. The first kappa shape index (κ1) is 23.1. The van der Waals surface area contributed by atoms with Crippen molar-refractivity contribution in [3.63, 3.8) is 0 Å². The molecule has 9 nitrogen and oxygen atoms in total. The Balaban J connectivity index is 2.23. The second kappa shape index (κ2) is 9.11. The number of nitrogens with one attached hydrogen (secondary N) is 3. The minimum Gasteiger partial charge on any atom is -0.289 e. The van der Waals surface area contributed by atoms with Crippen LogP contribution in [0.1, 0.15) is 0 Å². The van der Waals surface area contributed by atoms with Gasteiger partial charge in [-0.3, -0.25) is 10.0 Å². The molecular weight excluding hydrogens is 456 g/mol. The molecule has 0 aliphatic rings. The Hall–Kier alpha value is -2.16. The fourth-order valence-corrected chi connectivity index (χ4v) is 4.52. The number of hydroxylamine groups is 1. The van der Waals surface area contributed by atoms with Crippen LogP contribution in [0, 0.1) is 11.6 Å². The van der Waals surface area contributed by atoms with Crippen LogP contribution in [0.3, 0.4) is 0 Å². The molecule has 1 unspecified atom stereocenters. The molecule has 158 valence electrons. The van der Waals surface area contributed by atoms with E-state index in [1.807, 2.05) is 9.44 Å². The highest BCUT2D eigenvalue weighted by molar-refractivity contribution is 7.90. The summed E-state index contributed by atoms with van der Waals surface area (Å²) in [7, 11) is -8.89. The van der Waals surface area contributed by atoms with Gasteiger partial charge in [-0.1, -0.05) is 11.6 Å². The van der Waals surface area contributed by atoms with Gasteiger partial charge in [0.05, 0.1) is 4.90 Å². The second-order valence-corrected chi connectivity index (χ2v) is 9.42. The molecule has 0 spiro atoms. The summed E-state index contributed by atoms with van der Waals surface area (Å²) in [4.78, 5) is 10.6. The third-order valence-corrected chi connectivity index (χ3v) is 6.71. The molecule has 4 N–H and O–H groups in total. The molecule has 0 radical (unpaired) electrons. The zero-order valence-electron chi connectivity index (χ0n) is 14.3. The molecule has 0 saturated carbocycles. The Labute approximate surface area is 169 Å². The molecule has 2 aromatic carbocycles. The highest BCUT2D eigenvalue weighted by atomic mass is 35.5. The number of hydrogen-bond donors (Lipinski definition) is 4. The predicted octanol–water partition coefficient (Wildman–Crippen LogP) is 0.749. The maximum Gasteiger partial charge on any atom is 0.262 e. The SMILES string of the molecule is O=C(NO)C(CNS(=O)(=O)c1ccc(F)cc1F)NS(=O)(=O)c1ccc(Cl)cc1. The lowest BCUT2D eigenvalue weighted by atomic mass is 10.3. The van der Waals surface area contributed by atoms with E-state index in [2.05, 4.69) is 0 Å². The van der Waals surface area contributed by atoms with E-state index in [4.69, 9.17) is 16.8 Å². The number of carbonyl (C=O) groups is 1. The van der Waals surface area contributed by atoms with E-state index < -0.39 is 55.1 Å². The molecule has 0 bridgehead atoms. The summed E-state index contributed by atoms with van der Waals surface area (Å²) in [5.74, 6) is -3.68. The number of hydrogen-bond acceptors (Lipinski definition) is 6. The molecule has 2 aromatic rings. The molecule has 0 fully saturated rings. The summed E-state index contributed by atoms with van der Waals surface area (Å²) in [6.45, 7) is -0.891. The van der Waals surface area contributed by atoms with Gasteiger partial charge in [-0.2, -0.15) is 4.72 Å². The minimum atomic E-state index is -4.58. The topological polar surface area (TPSA) is 142 Å². The van der Waals surface area contributed by atoms with E-state index >= 15 is 0 Å². The lowest BCUT2D eigenvalue weighted by molar-refractivity contribution is -0.130. The molecule has 2 rings (SSSR count). The summed E-state index contributed by atoms with van der Waals surface area (Å²) in [5, 5.41) is 9.05. The van der Waals surface area contributed by atoms with E-state index in [0.717, 1.165) is 12.1 Å². The Kier molecular flexibility index (Phi) is 7.26. The molecule has 0 heterocycles. The number of halogens is 3. The normalized spacial score (nSPS) is 13.1. The van der Waals surface area contributed by atoms with Gasteiger partial charge in [-0.05, 0) is 36.4 Å². The van der Waals surface area contributed by atoms with Gasteiger partial charge >= 0.3 is 0 Å². The van der Waals surface area contributed by atoms with Crippen molar-refractivity contribution in [3.8, 4) is 0 Å². The molecule has 0 saturated heterocycles. The average molecular weight is 470 g/mol. The number of carbonyl (C=O) groups excluding carboxylic acids is 1. The summed E-state index contributed by atoms with van der Waals surface area (Å²) >= 11 is 5.68. The van der Waals surface area contributed by atoms with E-state index in [9.17, 15) is 30.4 Å². The van der Waals surface area contributed by atoms with E-state index in [-0.39, 0.29) is 9.92 Å². The van der Waals surface area contributed by atoms with Gasteiger partial charge in [0.25, 0.3) is 5.91 Å². The smallest absolute Gasteiger partial charge is 0.262 e. The average Bonchev–Trinajstić information content (AvgIpc) is 2.64. The van der Waals surface area contributed by atoms with Crippen LogP contribution in [-0.4, -0.2) is 40.5 Å². The van der Waals surface area contributed by atoms with Crippen molar-refractivity contribution < 1.29 is 35.6 Å². The van der Waals surface area contributed by atoms with Crippen LogP contribution in [0.2, 0.25) is 5.02 Å². The standard InChI is InChI=1S/C15H14ClF2N3O6S2/c16-9-1-4-11(5-2-9)28(24,25)21-13(15(22)20-23)8-19-29(26,27)14-6-3-10(17)7-12(14)18/h1-7,13,19,21,23H,8H2,(H,20,22). The highest BCUT2D eigenvalue weighted by Crippen LogP contribution is 2.16. The lowest BCUT2D eigenvalue weighted by Crippen LogP contribution is -2.51. The fraction of sp³-hybridized carbons (Fsp3) is 0.133. The van der Waals surface area contributed by atoms with E-state index in [1.54, 1.807) is 0 Å². The predicted molar refractivity (Wildman–Crippen MR) is 97.0 cm³/mol. The quantitative estimate of drug-likeness (QED) is 0.332. The fourth-order valence-electron chi connectivity index (χ4n) is 2.10. The van der Waals surface area contributed by atoms with Gasteiger partial charge in [0, 0.05) is 17.6 Å². The van der Waals surface area contributed by atoms with Crippen LogP contribution < -0.4 is 14.9 Å². The van der Waals surface area contributed by atoms with Crippen LogP contribution in [0.25, 0.3) is 0 Å². The Morgan fingerprint density at radius 3 is 2.21 bits per heavy atom.